The summed E-state index contributed by atoms with van der Waals surface area (Å²) in [5.41, 5.74) is 0. The van der Waals surface area contributed by atoms with Gasteiger partial charge in [-0.2, -0.15) is 4.39 Å². The molecule has 0 saturated heterocycles. The summed E-state index contributed by atoms with van der Waals surface area (Å²) in [6.07, 6.45) is 1.29. The minimum Gasteiger partial charge on any atom is -0.433 e. The third-order valence-electron chi connectivity index (χ3n) is 1.90. The summed E-state index contributed by atoms with van der Waals surface area (Å²) >= 11 is 3.02. The van der Waals surface area contributed by atoms with Crippen LogP contribution in [-0.2, 0) is 0 Å². The second-order valence-electron chi connectivity index (χ2n) is 3.09. The molecule has 2 aromatic rings. The molecule has 0 fully saturated rings. The maximum absolute atomic E-state index is 13.3. The van der Waals surface area contributed by atoms with Gasteiger partial charge in [-0.1, -0.05) is 6.07 Å². The van der Waals surface area contributed by atoms with Crippen LogP contribution >= 0.6 is 15.9 Å². The van der Waals surface area contributed by atoms with Gasteiger partial charge in [-0.25, -0.2) is 13.8 Å². The summed E-state index contributed by atoms with van der Waals surface area (Å²) in [5, 5.41) is 0. The van der Waals surface area contributed by atoms with Gasteiger partial charge in [0.15, 0.2) is 17.4 Å². The molecule has 0 saturated carbocycles. The molecule has 0 N–H and O–H groups in total. The Kier molecular flexibility index (Phi) is 3.33. The molecular weight excluding hydrogens is 299 g/mol. The molecule has 2 nitrogen and oxygen atoms in total. The molecule has 17 heavy (non-hydrogen) atoms. The molecule has 1 aromatic heterocycles. The van der Waals surface area contributed by atoms with Crippen LogP contribution in [0.1, 0.15) is 0 Å². The minimum absolute atomic E-state index is 0.418. The van der Waals surface area contributed by atoms with Gasteiger partial charge >= 0.3 is 0 Å². The van der Waals surface area contributed by atoms with Crippen molar-refractivity contribution in [3.8, 4) is 11.6 Å². The summed E-state index contributed by atoms with van der Waals surface area (Å²) in [5.74, 6) is -3.86. The van der Waals surface area contributed by atoms with Gasteiger partial charge in [-0.3, -0.25) is 0 Å². The van der Waals surface area contributed by atoms with E-state index in [1.165, 1.54) is 18.3 Å². The standard InChI is InChI=1S/C11H5BrF3NO/c12-6-4-8(14)11(16-5-6)17-9-3-1-2-7(13)10(9)15/h1-5H. The van der Waals surface area contributed by atoms with Gasteiger partial charge in [0, 0.05) is 10.7 Å². The van der Waals surface area contributed by atoms with Crippen molar-refractivity contribution in [1.82, 2.24) is 4.98 Å². The van der Waals surface area contributed by atoms with Crippen LogP contribution in [0.3, 0.4) is 0 Å². The first-order valence-corrected chi connectivity index (χ1v) is 5.30. The molecule has 1 heterocycles. The van der Waals surface area contributed by atoms with Gasteiger partial charge < -0.3 is 4.74 Å². The fourth-order valence-electron chi connectivity index (χ4n) is 1.14. The maximum Gasteiger partial charge on any atom is 0.256 e. The topological polar surface area (TPSA) is 22.1 Å². The molecule has 0 spiro atoms. The molecule has 0 atom stereocenters. The average molecular weight is 304 g/mol. The summed E-state index contributed by atoms with van der Waals surface area (Å²) in [7, 11) is 0. The minimum atomic E-state index is -1.18. The average Bonchev–Trinajstić information content (AvgIpc) is 2.28. The van der Waals surface area contributed by atoms with Crippen LogP contribution in [0, 0.1) is 17.5 Å². The van der Waals surface area contributed by atoms with E-state index in [-0.39, 0.29) is 0 Å². The second-order valence-corrected chi connectivity index (χ2v) is 4.01. The number of rotatable bonds is 2. The molecule has 1 aromatic carbocycles. The van der Waals surface area contributed by atoms with Crippen molar-refractivity contribution >= 4 is 15.9 Å². The first-order valence-electron chi connectivity index (χ1n) is 4.51. The number of aromatic nitrogens is 1. The van der Waals surface area contributed by atoms with E-state index in [1.807, 2.05) is 0 Å². The fraction of sp³-hybridized carbons (Fsp3) is 0. The molecule has 0 aliphatic rings. The van der Waals surface area contributed by atoms with Gasteiger partial charge in [0.2, 0.25) is 5.82 Å². The number of hydrogen-bond donors (Lipinski definition) is 0. The maximum atomic E-state index is 13.3. The molecule has 0 radical (unpaired) electrons. The Morgan fingerprint density at radius 2 is 1.88 bits per heavy atom. The Labute approximate surface area is 103 Å². The fourth-order valence-corrected chi connectivity index (χ4v) is 1.45. The highest BCUT2D eigenvalue weighted by Gasteiger charge is 2.13. The van der Waals surface area contributed by atoms with E-state index < -0.39 is 29.1 Å². The first kappa shape index (κ1) is 11.9. The van der Waals surface area contributed by atoms with Crippen molar-refractivity contribution in [1.29, 1.82) is 0 Å². The van der Waals surface area contributed by atoms with Crippen LogP contribution in [0.25, 0.3) is 0 Å². The van der Waals surface area contributed by atoms with Crippen LogP contribution in [0.4, 0.5) is 13.2 Å². The molecule has 0 unspecified atom stereocenters. The zero-order chi connectivity index (χ0) is 12.4. The molecule has 88 valence electrons. The summed E-state index contributed by atoms with van der Waals surface area (Å²) < 4.78 is 44.7. The lowest BCUT2D eigenvalue weighted by Gasteiger charge is -2.06. The smallest absolute Gasteiger partial charge is 0.256 e. The monoisotopic (exact) mass is 303 g/mol. The lowest BCUT2D eigenvalue weighted by molar-refractivity contribution is 0.384. The number of ether oxygens (including phenoxy) is 1. The third kappa shape index (κ3) is 2.58. The van der Waals surface area contributed by atoms with E-state index in [2.05, 4.69) is 20.9 Å². The summed E-state index contributed by atoms with van der Waals surface area (Å²) in [4.78, 5) is 3.61. The molecule has 0 amide bonds. The first-order chi connectivity index (χ1) is 8.08. The van der Waals surface area contributed by atoms with Crippen LogP contribution in [0.2, 0.25) is 0 Å². The van der Waals surface area contributed by atoms with Crippen molar-refractivity contribution in [2.75, 3.05) is 0 Å². The Bertz CT molecular complexity index is 562. The Morgan fingerprint density at radius 3 is 2.59 bits per heavy atom. The van der Waals surface area contributed by atoms with Crippen LogP contribution < -0.4 is 4.74 Å². The second kappa shape index (κ2) is 4.75. The van der Waals surface area contributed by atoms with E-state index in [9.17, 15) is 13.2 Å². The molecular formula is C11H5BrF3NO. The van der Waals surface area contributed by atoms with Gasteiger partial charge in [-0.15, -0.1) is 0 Å². The van der Waals surface area contributed by atoms with Gasteiger partial charge in [0.05, 0.1) is 0 Å². The van der Waals surface area contributed by atoms with E-state index in [0.717, 1.165) is 12.1 Å². The molecule has 0 bridgehead atoms. The van der Waals surface area contributed by atoms with Crippen molar-refractivity contribution < 1.29 is 17.9 Å². The normalized spacial score (nSPS) is 10.4. The van der Waals surface area contributed by atoms with Crippen LogP contribution in [-0.4, -0.2) is 4.98 Å². The highest BCUT2D eigenvalue weighted by atomic mass is 79.9. The number of pyridine rings is 1. The molecule has 0 aliphatic heterocycles. The quantitative estimate of drug-likeness (QED) is 0.835. The van der Waals surface area contributed by atoms with Crippen molar-refractivity contribution in [2.45, 2.75) is 0 Å². The Morgan fingerprint density at radius 1 is 1.12 bits per heavy atom. The number of benzene rings is 1. The highest BCUT2D eigenvalue weighted by molar-refractivity contribution is 9.10. The zero-order valence-corrected chi connectivity index (χ0v) is 9.84. The van der Waals surface area contributed by atoms with E-state index in [1.54, 1.807) is 0 Å². The highest BCUT2D eigenvalue weighted by Crippen LogP contribution is 2.27. The van der Waals surface area contributed by atoms with E-state index in [0.29, 0.717) is 4.47 Å². The number of hydrogen-bond acceptors (Lipinski definition) is 2. The Hall–Kier alpha value is -1.56. The zero-order valence-electron chi connectivity index (χ0n) is 8.25. The lowest BCUT2D eigenvalue weighted by atomic mass is 10.3. The summed E-state index contributed by atoms with van der Waals surface area (Å²) in [6.45, 7) is 0. The largest absolute Gasteiger partial charge is 0.433 e. The number of nitrogens with zero attached hydrogens (tertiary/aromatic N) is 1. The number of halogens is 4. The predicted molar refractivity (Wildman–Crippen MR) is 58.3 cm³/mol. The van der Waals surface area contributed by atoms with E-state index >= 15 is 0 Å². The van der Waals surface area contributed by atoms with Crippen LogP contribution in [0.15, 0.2) is 34.9 Å². The van der Waals surface area contributed by atoms with Crippen molar-refractivity contribution in [2.24, 2.45) is 0 Å². The van der Waals surface area contributed by atoms with E-state index in [4.69, 9.17) is 4.74 Å². The van der Waals surface area contributed by atoms with Crippen LogP contribution in [0.5, 0.6) is 11.6 Å². The van der Waals surface area contributed by atoms with Crippen molar-refractivity contribution in [3.05, 3.63) is 52.4 Å². The van der Waals surface area contributed by atoms with Gasteiger partial charge in [0.1, 0.15) is 0 Å². The third-order valence-corrected chi connectivity index (χ3v) is 2.33. The lowest BCUT2D eigenvalue weighted by Crippen LogP contribution is -1.95. The van der Waals surface area contributed by atoms with Gasteiger partial charge in [-0.05, 0) is 34.1 Å². The predicted octanol–water partition coefficient (Wildman–Crippen LogP) is 4.05. The SMILES string of the molecule is Fc1cc(Br)cnc1Oc1cccc(F)c1F. The molecule has 0 aliphatic carbocycles. The molecule has 6 heteroatoms. The van der Waals surface area contributed by atoms with Gasteiger partial charge in [0.25, 0.3) is 5.88 Å². The Balaban J connectivity index is 2.35. The molecule has 2 rings (SSSR count). The van der Waals surface area contributed by atoms with Crippen molar-refractivity contribution in [3.63, 3.8) is 0 Å². The summed E-state index contributed by atoms with van der Waals surface area (Å²) in [6, 6.07) is 4.49.